The number of halogens is 2. The highest BCUT2D eigenvalue weighted by atomic mass is 35.5. The number of methoxy groups -OCH3 is 1. The molecular formula is C26H28ClFN4O3. The highest BCUT2D eigenvalue weighted by Gasteiger charge is 2.20. The molecule has 7 nitrogen and oxygen atoms in total. The summed E-state index contributed by atoms with van der Waals surface area (Å²) < 4.78 is 20.2. The van der Waals surface area contributed by atoms with Crippen molar-refractivity contribution < 1.29 is 13.9 Å². The number of anilines is 2. The summed E-state index contributed by atoms with van der Waals surface area (Å²) in [7, 11) is 1.43. The summed E-state index contributed by atoms with van der Waals surface area (Å²) in [5.74, 6) is -0.307. The molecule has 35 heavy (non-hydrogen) atoms. The van der Waals surface area contributed by atoms with E-state index in [1.54, 1.807) is 35.0 Å². The lowest BCUT2D eigenvalue weighted by Gasteiger charge is -2.36. The van der Waals surface area contributed by atoms with E-state index in [9.17, 15) is 14.0 Å². The molecule has 1 fully saturated rings. The molecule has 1 amide bonds. The molecule has 1 aliphatic rings. The maximum atomic E-state index is 13.2. The van der Waals surface area contributed by atoms with Crippen LogP contribution in [0.1, 0.15) is 11.3 Å². The van der Waals surface area contributed by atoms with Gasteiger partial charge in [0.2, 0.25) is 11.3 Å². The minimum Gasteiger partial charge on any atom is -0.491 e. The van der Waals surface area contributed by atoms with Crippen LogP contribution in [-0.2, 0) is 17.9 Å². The van der Waals surface area contributed by atoms with Gasteiger partial charge in [0.05, 0.1) is 13.3 Å². The Balaban J connectivity index is 1.45. The normalized spacial score (nSPS) is 14.1. The predicted octanol–water partition coefficient (Wildman–Crippen LogP) is 3.92. The number of hydrogen-bond acceptors (Lipinski definition) is 5. The van der Waals surface area contributed by atoms with Crippen LogP contribution in [0.3, 0.4) is 0 Å². The number of nitrogens with one attached hydrogen (secondary N) is 1. The van der Waals surface area contributed by atoms with Crippen LogP contribution in [-0.4, -0.2) is 48.7 Å². The second-order valence-corrected chi connectivity index (χ2v) is 8.98. The number of rotatable bonds is 7. The van der Waals surface area contributed by atoms with Gasteiger partial charge >= 0.3 is 0 Å². The number of hydrogen-bond donors (Lipinski definition) is 1. The van der Waals surface area contributed by atoms with Crippen molar-refractivity contribution in [2.24, 2.45) is 0 Å². The van der Waals surface area contributed by atoms with Gasteiger partial charge in [-0.2, -0.15) is 0 Å². The Morgan fingerprint density at radius 2 is 1.80 bits per heavy atom. The third-order valence-electron chi connectivity index (χ3n) is 6.12. The van der Waals surface area contributed by atoms with Gasteiger partial charge in [-0.3, -0.25) is 14.5 Å². The Morgan fingerprint density at radius 1 is 1.09 bits per heavy atom. The van der Waals surface area contributed by atoms with Gasteiger partial charge in [-0.1, -0.05) is 17.7 Å². The molecule has 1 saturated heterocycles. The first kappa shape index (κ1) is 24.8. The number of benzene rings is 2. The van der Waals surface area contributed by atoms with E-state index in [4.69, 9.17) is 16.3 Å². The van der Waals surface area contributed by atoms with E-state index >= 15 is 0 Å². The molecule has 3 aromatic rings. The predicted molar refractivity (Wildman–Crippen MR) is 136 cm³/mol. The molecule has 1 aromatic heterocycles. The Bertz CT molecular complexity index is 1250. The molecule has 0 aliphatic carbocycles. The van der Waals surface area contributed by atoms with Gasteiger partial charge in [0.15, 0.2) is 5.75 Å². The standard InChI is InChI=1S/C26H28ClFN4O3/c1-18-3-6-20(13-23(18)27)29-26(34)17-32-16-25(35-2)24(33)14-22(32)15-30-9-11-31(12-10-30)21-7-4-19(28)5-8-21/h3-8,13-14,16H,9-12,15,17H2,1-2H3,(H,29,34). The SMILES string of the molecule is COc1cn(CC(=O)Nc2ccc(C)c(Cl)c2)c(CN2CCN(c3ccc(F)cc3)CC2)cc1=O. The molecule has 0 spiro atoms. The summed E-state index contributed by atoms with van der Waals surface area (Å²) in [6, 6.07) is 13.4. The first-order valence-corrected chi connectivity index (χ1v) is 11.8. The number of carbonyl (C=O) groups is 1. The number of nitrogens with zero attached hydrogens (tertiary/aromatic N) is 3. The minimum absolute atomic E-state index is 0.0208. The monoisotopic (exact) mass is 498 g/mol. The van der Waals surface area contributed by atoms with Gasteiger partial charge in [-0.05, 0) is 48.9 Å². The van der Waals surface area contributed by atoms with E-state index in [1.165, 1.54) is 25.3 Å². The molecular weight excluding hydrogens is 471 g/mol. The molecule has 2 aromatic carbocycles. The second kappa shape index (κ2) is 10.9. The maximum Gasteiger partial charge on any atom is 0.244 e. The lowest BCUT2D eigenvalue weighted by Crippen LogP contribution is -2.46. The van der Waals surface area contributed by atoms with Gasteiger partial charge in [-0.25, -0.2) is 4.39 Å². The van der Waals surface area contributed by atoms with Crippen molar-refractivity contribution >= 4 is 28.9 Å². The third kappa shape index (κ3) is 6.21. The molecule has 0 bridgehead atoms. The van der Waals surface area contributed by atoms with Crippen molar-refractivity contribution in [1.29, 1.82) is 0 Å². The lowest BCUT2D eigenvalue weighted by atomic mass is 10.2. The number of aromatic nitrogens is 1. The van der Waals surface area contributed by atoms with Crippen LogP contribution in [0.4, 0.5) is 15.8 Å². The van der Waals surface area contributed by atoms with Crippen molar-refractivity contribution in [3.05, 3.63) is 87.0 Å². The fourth-order valence-corrected chi connectivity index (χ4v) is 4.28. The first-order chi connectivity index (χ1) is 16.8. The minimum atomic E-state index is -0.251. The summed E-state index contributed by atoms with van der Waals surface area (Å²) in [5.41, 5.74) is 3.02. The van der Waals surface area contributed by atoms with Crippen LogP contribution >= 0.6 is 11.6 Å². The Hall–Kier alpha value is -3.36. The van der Waals surface area contributed by atoms with Crippen molar-refractivity contribution in [2.75, 3.05) is 43.5 Å². The molecule has 1 aliphatic heterocycles. The van der Waals surface area contributed by atoms with Crippen LogP contribution < -0.4 is 20.4 Å². The van der Waals surface area contributed by atoms with Gasteiger partial charge < -0.3 is 19.5 Å². The Morgan fingerprint density at radius 3 is 2.46 bits per heavy atom. The zero-order valence-electron chi connectivity index (χ0n) is 19.8. The van der Waals surface area contributed by atoms with Crippen LogP contribution in [0.25, 0.3) is 0 Å². The summed E-state index contributed by atoms with van der Waals surface area (Å²) in [5, 5.41) is 3.44. The fraction of sp³-hybridized carbons (Fsp3) is 0.308. The first-order valence-electron chi connectivity index (χ1n) is 11.4. The van der Waals surface area contributed by atoms with Crippen LogP contribution in [0.15, 0.2) is 59.5 Å². The van der Waals surface area contributed by atoms with Gasteiger partial charge in [0.25, 0.3) is 0 Å². The Kier molecular flexibility index (Phi) is 7.73. The third-order valence-corrected chi connectivity index (χ3v) is 6.53. The van der Waals surface area contributed by atoms with Crippen LogP contribution in [0, 0.1) is 12.7 Å². The number of carbonyl (C=O) groups excluding carboxylic acids is 1. The number of amides is 1. The van der Waals surface area contributed by atoms with Crippen LogP contribution in [0.5, 0.6) is 5.75 Å². The molecule has 0 saturated carbocycles. The second-order valence-electron chi connectivity index (χ2n) is 8.58. The van der Waals surface area contributed by atoms with Gasteiger partial charge in [-0.15, -0.1) is 0 Å². The molecule has 0 unspecified atom stereocenters. The van der Waals surface area contributed by atoms with Crippen molar-refractivity contribution in [2.45, 2.75) is 20.0 Å². The number of ether oxygens (including phenoxy) is 1. The topological polar surface area (TPSA) is 66.8 Å². The van der Waals surface area contributed by atoms with Gasteiger partial charge in [0, 0.05) is 60.9 Å². The fourth-order valence-electron chi connectivity index (χ4n) is 4.10. The van der Waals surface area contributed by atoms with E-state index in [0.29, 0.717) is 17.3 Å². The molecule has 9 heteroatoms. The maximum absolute atomic E-state index is 13.2. The molecule has 0 atom stereocenters. The highest BCUT2D eigenvalue weighted by Crippen LogP contribution is 2.21. The smallest absolute Gasteiger partial charge is 0.244 e. The average Bonchev–Trinajstić information content (AvgIpc) is 2.84. The number of aryl methyl sites for hydroxylation is 1. The van der Waals surface area contributed by atoms with Crippen LogP contribution in [0.2, 0.25) is 5.02 Å². The van der Waals surface area contributed by atoms with Crippen molar-refractivity contribution in [3.8, 4) is 5.75 Å². The van der Waals surface area contributed by atoms with Crippen molar-refractivity contribution in [3.63, 3.8) is 0 Å². The summed E-state index contributed by atoms with van der Waals surface area (Å²) in [6.07, 6.45) is 1.58. The summed E-state index contributed by atoms with van der Waals surface area (Å²) in [6.45, 7) is 5.53. The average molecular weight is 499 g/mol. The highest BCUT2D eigenvalue weighted by molar-refractivity contribution is 6.31. The van der Waals surface area contributed by atoms with E-state index in [2.05, 4.69) is 15.1 Å². The Labute approximate surface area is 208 Å². The summed E-state index contributed by atoms with van der Waals surface area (Å²) >= 11 is 6.17. The largest absolute Gasteiger partial charge is 0.491 e. The summed E-state index contributed by atoms with van der Waals surface area (Å²) in [4.78, 5) is 29.7. The van der Waals surface area contributed by atoms with Crippen molar-refractivity contribution in [1.82, 2.24) is 9.47 Å². The zero-order valence-corrected chi connectivity index (χ0v) is 20.5. The molecule has 4 rings (SSSR count). The quantitative estimate of drug-likeness (QED) is 0.535. The van der Waals surface area contributed by atoms with E-state index in [-0.39, 0.29) is 29.4 Å². The molecule has 1 N–H and O–H groups in total. The lowest BCUT2D eigenvalue weighted by molar-refractivity contribution is -0.116. The van der Waals surface area contributed by atoms with E-state index in [0.717, 1.165) is 43.1 Å². The number of pyridine rings is 1. The van der Waals surface area contributed by atoms with E-state index < -0.39 is 0 Å². The molecule has 2 heterocycles. The zero-order chi connectivity index (χ0) is 24.9. The van der Waals surface area contributed by atoms with Gasteiger partial charge in [0.1, 0.15) is 12.4 Å². The molecule has 184 valence electrons. The van der Waals surface area contributed by atoms with E-state index in [1.807, 2.05) is 13.0 Å². The molecule has 0 radical (unpaired) electrons. The number of piperazine rings is 1.